The largest absolute Gasteiger partial charge is 0.258 e. The van der Waals surface area contributed by atoms with E-state index in [-0.39, 0.29) is 0 Å². The van der Waals surface area contributed by atoms with E-state index in [1.807, 2.05) is 37.3 Å². The van der Waals surface area contributed by atoms with Crippen LogP contribution in [0.25, 0.3) is 5.69 Å². The van der Waals surface area contributed by atoms with E-state index in [0.29, 0.717) is 5.75 Å². The van der Waals surface area contributed by atoms with E-state index in [9.17, 15) is 0 Å². The molecule has 0 radical (unpaired) electrons. The van der Waals surface area contributed by atoms with Gasteiger partial charge in [-0.1, -0.05) is 30.0 Å². The number of rotatable bonds is 4. The summed E-state index contributed by atoms with van der Waals surface area (Å²) in [5, 5.41) is 5.17. The molecular weight excluding hydrogens is 270 g/mol. The van der Waals surface area contributed by atoms with Gasteiger partial charge < -0.3 is 0 Å². The van der Waals surface area contributed by atoms with Crippen molar-refractivity contribution in [1.29, 1.82) is 0 Å². The molecule has 0 aliphatic heterocycles. The minimum atomic E-state index is 0.714. The number of para-hydroxylation sites is 1. The minimum Gasteiger partial charge on any atom is -0.258 e. The molecule has 0 spiro atoms. The molecule has 0 aliphatic rings. The fourth-order valence-electron chi connectivity index (χ4n) is 1.65. The van der Waals surface area contributed by atoms with Crippen LogP contribution in [0.1, 0.15) is 11.4 Å². The third kappa shape index (κ3) is 3.03. The van der Waals surface area contributed by atoms with Crippen molar-refractivity contribution < 1.29 is 0 Å². The van der Waals surface area contributed by atoms with Gasteiger partial charge in [-0.2, -0.15) is 0 Å². The number of thioether (sulfide) groups is 1. The molecular formula is C14H13N5S. The highest BCUT2D eigenvalue weighted by Gasteiger charge is 2.04. The molecule has 2 heterocycles. The molecule has 0 fully saturated rings. The van der Waals surface area contributed by atoms with E-state index in [1.54, 1.807) is 35.2 Å². The summed E-state index contributed by atoms with van der Waals surface area (Å²) in [6.45, 7) is 1.92. The lowest BCUT2D eigenvalue weighted by Gasteiger charge is -1.99. The van der Waals surface area contributed by atoms with Gasteiger partial charge in [-0.15, -0.1) is 5.10 Å². The predicted octanol–water partition coefficient (Wildman–Crippen LogP) is 2.66. The molecule has 0 amide bonds. The molecule has 1 aromatic carbocycles. The fraction of sp³-hybridized carbons (Fsp3) is 0.143. The third-order valence-electron chi connectivity index (χ3n) is 2.68. The molecule has 0 atom stereocenters. The number of aryl methyl sites for hydroxylation is 1. The first kappa shape index (κ1) is 12.8. The molecule has 0 saturated heterocycles. The Bertz CT molecular complexity index is 678. The van der Waals surface area contributed by atoms with Crippen molar-refractivity contribution in [3.8, 4) is 5.69 Å². The van der Waals surface area contributed by atoms with Crippen LogP contribution in [0.15, 0.2) is 54.2 Å². The second kappa shape index (κ2) is 5.83. The maximum Gasteiger partial charge on any atom is 0.209 e. The van der Waals surface area contributed by atoms with E-state index in [2.05, 4.69) is 20.1 Å². The van der Waals surface area contributed by atoms with Crippen molar-refractivity contribution in [2.45, 2.75) is 17.8 Å². The van der Waals surface area contributed by atoms with Crippen LogP contribution in [0, 0.1) is 6.92 Å². The highest BCUT2D eigenvalue weighted by atomic mass is 32.2. The second-order valence-corrected chi connectivity index (χ2v) is 5.19. The summed E-state index contributed by atoms with van der Waals surface area (Å²) in [7, 11) is 0. The van der Waals surface area contributed by atoms with Gasteiger partial charge in [0.15, 0.2) is 0 Å². The molecule has 5 nitrogen and oxygen atoms in total. The zero-order chi connectivity index (χ0) is 13.8. The Morgan fingerprint density at radius 1 is 1.05 bits per heavy atom. The van der Waals surface area contributed by atoms with Crippen LogP contribution in [-0.4, -0.2) is 24.7 Å². The smallest absolute Gasteiger partial charge is 0.209 e. The van der Waals surface area contributed by atoms with Gasteiger partial charge in [0, 0.05) is 18.1 Å². The van der Waals surface area contributed by atoms with Crippen LogP contribution in [0.5, 0.6) is 0 Å². The van der Waals surface area contributed by atoms with Crippen LogP contribution in [0.3, 0.4) is 0 Å². The summed E-state index contributed by atoms with van der Waals surface area (Å²) in [5.74, 6) is 0.714. The topological polar surface area (TPSA) is 56.5 Å². The maximum absolute atomic E-state index is 4.43. The van der Waals surface area contributed by atoms with Crippen molar-refractivity contribution >= 4 is 11.8 Å². The van der Waals surface area contributed by atoms with Gasteiger partial charge in [-0.05, 0) is 19.1 Å². The third-order valence-corrected chi connectivity index (χ3v) is 3.56. The number of hydrogen-bond donors (Lipinski definition) is 0. The first-order valence-corrected chi connectivity index (χ1v) is 7.17. The van der Waals surface area contributed by atoms with Gasteiger partial charge >= 0.3 is 0 Å². The van der Waals surface area contributed by atoms with Crippen LogP contribution >= 0.6 is 11.8 Å². The second-order valence-electron chi connectivity index (χ2n) is 4.25. The number of aromatic nitrogens is 5. The lowest BCUT2D eigenvalue weighted by molar-refractivity contribution is 0.834. The van der Waals surface area contributed by atoms with Gasteiger partial charge in [0.2, 0.25) is 5.16 Å². The summed E-state index contributed by atoms with van der Waals surface area (Å²) in [4.78, 5) is 12.8. The molecule has 100 valence electrons. The number of benzene rings is 1. The average molecular weight is 283 g/mol. The SMILES string of the molecule is Cc1cnc(CSc2ncn(-c3ccccc3)n2)cn1. The Kier molecular flexibility index (Phi) is 3.73. The van der Waals surface area contributed by atoms with Crippen molar-refractivity contribution in [1.82, 2.24) is 24.7 Å². The molecule has 0 saturated carbocycles. The van der Waals surface area contributed by atoms with Crippen molar-refractivity contribution in [2.75, 3.05) is 0 Å². The summed E-state index contributed by atoms with van der Waals surface area (Å²) in [6.07, 6.45) is 5.28. The van der Waals surface area contributed by atoms with E-state index in [0.717, 1.165) is 22.2 Å². The molecule has 0 unspecified atom stereocenters. The molecule has 3 aromatic rings. The number of nitrogens with zero attached hydrogens (tertiary/aromatic N) is 5. The number of hydrogen-bond acceptors (Lipinski definition) is 5. The summed E-state index contributed by atoms with van der Waals surface area (Å²) < 4.78 is 1.77. The van der Waals surface area contributed by atoms with E-state index in [4.69, 9.17) is 0 Å². The highest BCUT2D eigenvalue weighted by molar-refractivity contribution is 7.98. The Morgan fingerprint density at radius 3 is 2.65 bits per heavy atom. The Hall–Kier alpha value is -2.21. The molecule has 2 aromatic heterocycles. The van der Waals surface area contributed by atoms with Gasteiger partial charge in [0.25, 0.3) is 0 Å². The van der Waals surface area contributed by atoms with E-state index in [1.165, 1.54) is 0 Å². The van der Waals surface area contributed by atoms with Crippen LogP contribution in [0.4, 0.5) is 0 Å². The molecule has 3 rings (SSSR count). The standard InChI is InChI=1S/C14H13N5S/c1-11-7-16-12(8-15-11)9-20-14-17-10-19(18-14)13-5-3-2-4-6-13/h2-8,10H,9H2,1H3. The van der Waals surface area contributed by atoms with Crippen LogP contribution in [-0.2, 0) is 5.75 Å². The highest BCUT2D eigenvalue weighted by Crippen LogP contribution is 2.18. The minimum absolute atomic E-state index is 0.714. The zero-order valence-electron chi connectivity index (χ0n) is 11.0. The predicted molar refractivity (Wildman–Crippen MR) is 77.7 cm³/mol. The summed E-state index contributed by atoms with van der Waals surface area (Å²) >= 11 is 1.55. The normalized spacial score (nSPS) is 10.7. The lowest BCUT2D eigenvalue weighted by atomic mass is 10.3. The molecule has 0 N–H and O–H groups in total. The maximum atomic E-state index is 4.43. The average Bonchev–Trinajstić information content (AvgIpc) is 2.97. The van der Waals surface area contributed by atoms with Crippen LogP contribution < -0.4 is 0 Å². The van der Waals surface area contributed by atoms with Crippen molar-refractivity contribution in [3.63, 3.8) is 0 Å². The molecule has 0 aliphatic carbocycles. The van der Waals surface area contributed by atoms with E-state index >= 15 is 0 Å². The van der Waals surface area contributed by atoms with Gasteiger partial charge in [0.05, 0.1) is 17.1 Å². The van der Waals surface area contributed by atoms with E-state index < -0.39 is 0 Å². The lowest BCUT2D eigenvalue weighted by Crippen LogP contribution is -1.94. The molecule has 0 bridgehead atoms. The summed E-state index contributed by atoms with van der Waals surface area (Å²) in [5.41, 5.74) is 2.85. The zero-order valence-corrected chi connectivity index (χ0v) is 11.8. The van der Waals surface area contributed by atoms with Gasteiger partial charge in [-0.3, -0.25) is 9.97 Å². The quantitative estimate of drug-likeness (QED) is 0.689. The Morgan fingerprint density at radius 2 is 1.90 bits per heavy atom. The first-order chi connectivity index (χ1) is 9.81. The van der Waals surface area contributed by atoms with Crippen LogP contribution in [0.2, 0.25) is 0 Å². The molecule has 20 heavy (non-hydrogen) atoms. The van der Waals surface area contributed by atoms with Gasteiger partial charge in [0.1, 0.15) is 6.33 Å². The Balaban J connectivity index is 1.67. The van der Waals surface area contributed by atoms with Gasteiger partial charge in [-0.25, -0.2) is 9.67 Å². The molecule has 6 heteroatoms. The monoisotopic (exact) mass is 283 g/mol. The van der Waals surface area contributed by atoms with Crippen molar-refractivity contribution in [3.05, 3.63) is 60.4 Å². The van der Waals surface area contributed by atoms with Crippen molar-refractivity contribution in [2.24, 2.45) is 0 Å². The fourth-order valence-corrected chi connectivity index (χ4v) is 2.34. The Labute approximate surface area is 121 Å². The summed E-state index contributed by atoms with van der Waals surface area (Å²) in [6, 6.07) is 9.92. The first-order valence-electron chi connectivity index (χ1n) is 6.19.